The minimum atomic E-state index is 0.197. The normalized spacial score (nSPS) is 25.4. The zero-order valence-electron chi connectivity index (χ0n) is 15.2. The molecule has 1 aromatic heterocycles. The number of amides is 1. The van der Waals surface area contributed by atoms with E-state index in [1.54, 1.807) is 6.92 Å². The standard InChI is InChI=1S/C20H28N4O/c1-14-3-4-17-18(13-22-19(17)11-14)16-5-6-21-20(12-16)24-9-7-23(8-10-24)15(2)25/h3-4,11,13,16,20-22H,5-10,12H2,1-2H3. The van der Waals surface area contributed by atoms with Crippen molar-refractivity contribution < 1.29 is 4.79 Å². The molecular weight excluding hydrogens is 312 g/mol. The third kappa shape index (κ3) is 3.31. The predicted octanol–water partition coefficient (Wildman–Crippen LogP) is 2.43. The maximum absolute atomic E-state index is 11.5. The van der Waals surface area contributed by atoms with Crippen molar-refractivity contribution in [1.29, 1.82) is 0 Å². The molecule has 2 unspecified atom stereocenters. The second-order valence-corrected chi connectivity index (χ2v) is 7.53. The third-order valence-corrected chi connectivity index (χ3v) is 5.89. The molecule has 134 valence electrons. The lowest BCUT2D eigenvalue weighted by Crippen LogP contribution is -2.57. The number of aryl methyl sites for hydroxylation is 1. The maximum Gasteiger partial charge on any atom is 0.219 e. The first-order valence-electron chi connectivity index (χ1n) is 9.42. The number of rotatable bonds is 2. The number of aromatic amines is 1. The highest BCUT2D eigenvalue weighted by molar-refractivity contribution is 5.84. The van der Waals surface area contributed by atoms with Crippen LogP contribution in [0.5, 0.6) is 0 Å². The Hall–Kier alpha value is -1.85. The van der Waals surface area contributed by atoms with Crippen molar-refractivity contribution in [3.05, 3.63) is 35.5 Å². The Morgan fingerprint density at radius 3 is 2.76 bits per heavy atom. The molecule has 2 aliphatic rings. The van der Waals surface area contributed by atoms with E-state index in [2.05, 4.69) is 46.5 Å². The van der Waals surface area contributed by atoms with Crippen LogP contribution in [0, 0.1) is 6.92 Å². The molecule has 2 N–H and O–H groups in total. The molecule has 1 amide bonds. The van der Waals surface area contributed by atoms with Crippen molar-refractivity contribution in [2.45, 2.75) is 38.8 Å². The first kappa shape index (κ1) is 16.6. The van der Waals surface area contributed by atoms with Gasteiger partial charge in [0.05, 0.1) is 6.17 Å². The molecule has 3 heterocycles. The summed E-state index contributed by atoms with van der Waals surface area (Å²) in [6, 6.07) is 6.71. The van der Waals surface area contributed by atoms with E-state index in [-0.39, 0.29) is 5.91 Å². The van der Waals surface area contributed by atoms with Gasteiger partial charge in [-0.3, -0.25) is 9.69 Å². The summed E-state index contributed by atoms with van der Waals surface area (Å²) in [5.41, 5.74) is 4.01. The van der Waals surface area contributed by atoms with E-state index >= 15 is 0 Å². The van der Waals surface area contributed by atoms with Crippen LogP contribution in [0.2, 0.25) is 0 Å². The van der Waals surface area contributed by atoms with E-state index in [0.29, 0.717) is 12.1 Å². The van der Waals surface area contributed by atoms with Crippen molar-refractivity contribution >= 4 is 16.8 Å². The first-order chi connectivity index (χ1) is 12.1. The van der Waals surface area contributed by atoms with Gasteiger partial charge in [0.2, 0.25) is 5.91 Å². The number of nitrogens with zero attached hydrogens (tertiary/aromatic N) is 2. The lowest BCUT2D eigenvalue weighted by Gasteiger charge is -2.42. The summed E-state index contributed by atoms with van der Waals surface area (Å²) >= 11 is 0. The highest BCUT2D eigenvalue weighted by Crippen LogP contribution is 2.34. The number of aromatic nitrogens is 1. The quantitative estimate of drug-likeness (QED) is 0.883. The molecule has 0 aliphatic carbocycles. The molecular formula is C20H28N4O. The van der Waals surface area contributed by atoms with Gasteiger partial charge in [0.15, 0.2) is 0 Å². The largest absolute Gasteiger partial charge is 0.361 e. The summed E-state index contributed by atoms with van der Waals surface area (Å²) in [4.78, 5) is 19.5. The molecule has 25 heavy (non-hydrogen) atoms. The Labute approximate surface area is 149 Å². The molecule has 2 aromatic rings. The summed E-state index contributed by atoms with van der Waals surface area (Å²) < 4.78 is 0. The van der Waals surface area contributed by atoms with Gasteiger partial charge in [-0.05, 0) is 49.4 Å². The molecule has 5 heteroatoms. The van der Waals surface area contributed by atoms with Gasteiger partial charge in [-0.15, -0.1) is 0 Å². The van der Waals surface area contributed by atoms with Crippen LogP contribution in [0.15, 0.2) is 24.4 Å². The minimum Gasteiger partial charge on any atom is -0.361 e. The number of piperazine rings is 1. The number of carbonyl (C=O) groups excluding carboxylic acids is 1. The van der Waals surface area contributed by atoms with Crippen LogP contribution in [0.3, 0.4) is 0 Å². The van der Waals surface area contributed by atoms with E-state index in [9.17, 15) is 4.79 Å². The average molecular weight is 340 g/mol. The highest BCUT2D eigenvalue weighted by atomic mass is 16.2. The Bertz CT molecular complexity index is 760. The van der Waals surface area contributed by atoms with Crippen LogP contribution in [-0.2, 0) is 4.79 Å². The minimum absolute atomic E-state index is 0.197. The molecule has 0 saturated carbocycles. The zero-order valence-corrected chi connectivity index (χ0v) is 15.2. The fourth-order valence-corrected chi connectivity index (χ4v) is 4.40. The van der Waals surface area contributed by atoms with E-state index in [1.807, 2.05) is 4.90 Å². The molecule has 2 aliphatic heterocycles. The zero-order chi connectivity index (χ0) is 17.4. The molecule has 2 fully saturated rings. The maximum atomic E-state index is 11.5. The van der Waals surface area contributed by atoms with Crippen LogP contribution in [0.4, 0.5) is 0 Å². The van der Waals surface area contributed by atoms with E-state index < -0.39 is 0 Å². The molecule has 5 nitrogen and oxygen atoms in total. The van der Waals surface area contributed by atoms with Crippen LogP contribution >= 0.6 is 0 Å². The number of hydrogen-bond donors (Lipinski definition) is 2. The van der Waals surface area contributed by atoms with Gasteiger partial charge in [-0.25, -0.2) is 0 Å². The Morgan fingerprint density at radius 1 is 1.20 bits per heavy atom. The van der Waals surface area contributed by atoms with Crippen LogP contribution in [-0.4, -0.2) is 59.6 Å². The number of fused-ring (bicyclic) bond motifs is 1. The summed E-state index contributed by atoms with van der Waals surface area (Å²) in [5, 5.41) is 5.07. The fourth-order valence-electron chi connectivity index (χ4n) is 4.40. The number of H-pyrrole nitrogens is 1. The summed E-state index contributed by atoms with van der Waals surface area (Å²) in [5.74, 6) is 0.789. The van der Waals surface area contributed by atoms with Crippen molar-refractivity contribution in [2.24, 2.45) is 0 Å². The van der Waals surface area contributed by atoms with Gasteiger partial charge < -0.3 is 15.2 Å². The predicted molar refractivity (Wildman–Crippen MR) is 101 cm³/mol. The molecule has 4 rings (SSSR count). The Kier molecular flexibility index (Phi) is 4.52. The molecule has 0 radical (unpaired) electrons. The summed E-state index contributed by atoms with van der Waals surface area (Å²) in [6.07, 6.45) is 4.96. The first-order valence-corrected chi connectivity index (χ1v) is 9.42. The summed E-state index contributed by atoms with van der Waals surface area (Å²) in [7, 11) is 0. The topological polar surface area (TPSA) is 51.4 Å². The molecule has 0 bridgehead atoms. The fraction of sp³-hybridized carbons (Fsp3) is 0.550. The smallest absolute Gasteiger partial charge is 0.219 e. The summed E-state index contributed by atoms with van der Waals surface area (Å²) in [6.45, 7) is 8.51. The second-order valence-electron chi connectivity index (χ2n) is 7.53. The van der Waals surface area contributed by atoms with Crippen LogP contribution in [0.1, 0.15) is 36.8 Å². The number of nitrogens with one attached hydrogen (secondary N) is 2. The van der Waals surface area contributed by atoms with Gasteiger partial charge in [-0.2, -0.15) is 0 Å². The number of carbonyl (C=O) groups is 1. The molecule has 2 saturated heterocycles. The lowest BCUT2D eigenvalue weighted by atomic mass is 9.88. The molecule has 0 spiro atoms. The van der Waals surface area contributed by atoms with Crippen molar-refractivity contribution in [3.63, 3.8) is 0 Å². The van der Waals surface area contributed by atoms with Crippen LogP contribution in [0.25, 0.3) is 10.9 Å². The van der Waals surface area contributed by atoms with Gasteiger partial charge >= 0.3 is 0 Å². The highest BCUT2D eigenvalue weighted by Gasteiger charge is 2.30. The van der Waals surface area contributed by atoms with Crippen LogP contribution < -0.4 is 5.32 Å². The van der Waals surface area contributed by atoms with E-state index in [4.69, 9.17) is 0 Å². The molecule has 1 aromatic carbocycles. The van der Waals surface area contributed by atoms with E-state index in [1.165, 1.54) is 28.5 Å². The SMILES string of the molecule is CC(=O)N1CCN(C2CC(c3c[nH]c4cc(C)ccc34)CCN2)CC1. The van der Waals surface area contributed by atoms with Crippen molar-refractivity contribution in [1.82, 2.24) is 20.1 Å². The van der Waals surface area contributed by atoms with E-state index in [0.717, 1.165) is 39.1 Å². The lowest BCUT2D eigenvalue weighted by molar-refractivity contribution is -0.131. The van der Waals surface area contributed by atoms with Gasteiger partial charge in [0, 0.05) is 50.2 Å². The second kappa shape index (κ2) is 6.81. The number of piperidine rings is 1. The Morgan fingerprint density at radius 2 is 2.00 bits per heavy atom. The number of hydrogen-bond acceptors (Lipinski definition) is 3. The third-order valence-electron chi connectivity index (χ3n) is 5.89. The van der Waals surface area contributed by atoms with Crippen molar-refractivity contribution in [3.8, 4) is 0 Å². The monoisotopic (exact) mass is 340 g/mol. The Balaban J connectivity index is 1.47. The average Bonchev–Trinajstić information content (AvgIpc) is 3.05. The van der Waals surface area contributed by atoms with Gasteiger partial charge in [0.25, 0.3) is 0 Å². The van der Waals surface area contributed by atoms with Gasteiger partial charge in [0.1, 0.15) is 0 Å². The van der Waals surface area contributed by atoms with Crippen molar-refractivity contribution in [2.75, 3.05) is 32.7 Å². The number of benzene rings is 1. The molecule has 2 atom stereocenters. The van der Waals surface area contributed by atoms with Gasteiger partial charge in [-0.1, -0.05) is 12.1 Å².